The summed E-state index contributed by atoms with van der Waals surface area (Å²) in [4.78, 5) is 11.2. The van der Waals surface area contributed by atoms with Gasteiger partial charge in [-0.3, -0.25) is 4.79 Å². The predicted octanol–water partition coefficient (Wildman–Crippen LogP) is -4.54. The first-order chi connectivity index (χ1) is 55.1. The number of aliphatic hydroxyl groups excluding tert-OH is 24. The first-order valence-electron chi connectivity index (χ1n) is 41.3. The predicted molar refractivity (Wildman–Crippen MR) is 424 cm³/mol. The monoisotopic (exact) mass is 1760 g/mol. The van der Waals surface area contributed by atoms with E-state index in [0.29, 0.717) is 39.5 Å². The Hall–Kier alpha value is -2.05. The normalized spacial score (nSPS) is 39.1. The molecule has 0 aromatic rings. The number of hydrogen-bond donors (Lipinski definition) is 25. The highest BCUT2D eigenvalue weighted by molar-refractivity contribution is 5.73. The zero-order valence-electron chi connectivity index (χ0n) is 74.1. The molecule has 25 N–H and O–H groups in total. The minimum Gasteiger partial charge on any atom is -0.394 e. The molecular formula is C80H157NO39. The molecule has 35 atom stereocenters. The van der Waals surface area contributed by atoms with Crippen LogP contribution in [0.4, 0.5) is 0 Å². The molecule has 0 unspecified atom stereocenters. The van der Waals surface area contributed by atoms with E-state index >= 15 is 0 Å². The maximum Gasteiger partial charge on any atom is 0.217 e. The molecule has 7 rings (SSSR count). The van der Waals surface area contributed by atoms with Gasteiger partial charge >= 0.3 is 0 Å². The molecule has 0 aliphatic carbocycles. The van der Waals surface area contributed by atoms with Gasteiger partial charge in [-0.05, 0) is 84.9 Å². The van der Waals surface area contributed by atoms with Crippen molar-refractivity contribution >= 4 is 5.91 Å². The molecule has 7 heterocycles. The van der Waals surface area contributed by atoms with E-state index in [1.165, 1.54) is 6.92 Å². The fourth-order valence-corrected chi connectivity index (χ4v) is 11.9. The van der Waals surface area contributed by atoms with Gasteiger partial charge in [-0.25, -0.2) is 0 Å². The van der Waals surface area contributed by atoms with Crippen LogP contribution in [-0.4, -0.2) is 416 Å². The van der Waals surface area contributed by atoms with Gasteiger partial charge < -0.3 is 194 Å². The Balaban J connectivity index is 0.000000494. The lowest BCUT2D eigenvalue weighted by molar-refractivity contribution is -0.360. The van der Waals surface area contributed by atoms with Gasteiger partial charge in [-0.1, -0.05) is 125 Å². The molecule has 40 nitrogen and oxygen atoms in total. The first kappa shape index (κ1) is 114. The third kappa shape index (κ3) is 39.1. The van der Waals surface area contributed by atoms with Crippen LogP contribution < -0.4 is 5.32 Å². The average molecular weight is 1760 g/mol. The number of carbonyl (C=O) groups excluding carboxylic acids is 1. The minimum absolute atomic E-state index is 0.0260. The Morgan fingerprint density at radius 3 is 0.708 bits per heavy atom. The van der Waals surface area contributed by atoms with Crippen LogP contribution in [0.5, 0.6) is 0 Å². The third-order valence-corrected chi connectivity index (χ3v) is 20.3. The molecule has 0 spiro atoms. The summed E-state index contributed by atoms with van der Waals surface area (Å²) in [5.41, 5.74) is 0.517. The lowest BCUT2D eigenvalue weighted by Gasteiger charge is -2.46. The minimum atomic E-state index is -1.71. The number of carbonyl (C=O) groups is 1. The smallest absolute Gasteiger partial charge is 0.217 e. The van der Waals surface area contributed by atoms with E-state index in [4.69, 9.17) is 76.5 Å². The fourth-order valence-electron chi connectivity index (χ4n) is 11.9. The van der Waals surface area contributed by atoms with Crippen molar-refractivity contribution in [1.29, 1.82) is 0 Å². The highest BCUT2D eigenvalue weighted by atomic mass is 16.8. The van der Waals surface area contributed by atoms with Crippen LogP contribution >= 0.6 is 0 Å². The van der Waals surface area contributed by atoms with Gasteiger partial charge in [0.1, 0.15) is 159 Å². The maximum atomic E-state index is 11.2. The van der Waals surface area contributed by atoms with Crippen molar-refractivity contribution < 1.29 is 194 Å². The quantitative estimate of drug-likeness (QED) is 0.0388. The molecule has 0 radical (unpaired) electrons. The number of ether oxygens (including phenoxy) is 14. The molecule has 0 aromatic heterocycles. The molecule has 716 valence electrons. The van der Waals surface area contributed by atoms with Crippen molar-refractivity contribution in [3.63, 3.8) is 0 Å². The Morgan fingerprint density at radius 1 is 0.258 bits per heavy atom. The number of nitrogens with one attached hydrogen (secondary N) is 1. The number of amides is 1. The van der Waals surface area contributed by atoms with E-state index in [1.54, 1.807) is 13.8 Å². The summed E-state index contributed by atoms with van der Waals surface area (Å²) in [5.74, 6) is -0.360. The summed E-state index contributed by atoms with van der Waals surface area (Å²) in [6.07, 6.45) is -36.1. The van der Waals surface area contributed by atoms with Crippen LogP contribution in [0.2, 0.25) is 0 Å². The summed E-state index contributed by atoms with van der Waals surface area (Å²) in [7, 11) is 0. The van der Waals surface area contributed by atoms with Crippen molar-refractivity contribution in [3.05, 3.63) is 0 Å². The van der Waals surface area contributed by atoms with E-state index < -0.39 is 248 Å². The molecule has 1 amide bonds. The Bertz CT molecular complexity index is 2630. The lowest BCUT2D eigenvalue weighted by Crippen LogP contribution is -2.64. The van der Waals surface area contributed by atoms with Crippen LogP contribution in [-0.2, 0) is 71.1 Å². The van der Waals surface area contributed by atoms with Gasteiger partial charge in [0.15, 0.2) is 44.0 Å². The van der Waals surface area contributed by atoms with E-state index in [2.05, 4.69) is 109 Å². The SMILES string of the molecule is CC(=O)N[C@H]1[C@H](OCCC(C)(C)C)O[C@H](CO)[C@@H](O)[C@@H]1O.CC(C)(C)CCO[C@H]1O[C@H](CO)[C@@H](O)[C@H](O)[C@@H]1O.CC(C)(C)CCO[C@H]1O[C@H](CO)[C@@H](O)[C@H](O)[C@H]1O.CC(C)(C)CCO[C@H]1O[C@H](CO)[C@@H](O)[C@H](O[C@H]2O[C@H](CO)[C@@H](O)[C@H](O)[C@@H]2O)[C@@H]1O.C[C@@H]1O[C@@H](OCCC(C)(C)C)[C@@H](O)[C@H](O)[C@@H]1O.C[C@@H]1O[C@H](OCCC(C)(C)C)[C@@H](O)[C@H](O)[C@@H]1O. The van der Waals surface area contributed by atoms with Crippen LogP contribution in [0.3, 0.4) is 0 Å². The van der Waals surface area contributed by atoms with E-state index in [-0.39, 0.29) is 45.0 Å². The lowest BCUT2D eigenvalue weighted by atomic mass is 9.93. The summed E-state index contributed by atoms with van der Waals surface area (Å²) in [6.45, 7) is 41.4. The average Bonchev–Trinajstić information content (AvgIpc) is 0.779. The number of hydrogen-bond acceptors (Lipinski definition) is 39. The molecule has 7 saturated heterocycles. The zero-order chi connectivity index (χ0) is 92.4. The highest BCUT2D eigenvalue weighted by Gasteiger charge is 2.53. The van der Waals surface area contributed by atoms with Crippen molar-refractivity contribution in [2.75, 3.05) is 72.7 Å². The largest absolute Gasteiger partial charge is 0.394 e. The molecule has 40 heteroatoms. The van der Waals surface area contributed by atoms with Gasteiger partial charge in [-0.15, -0.1) is 0 Å². The van der Waals surface area contributed by atoms with E-state index in [1.807, 2.05) is 20.8 Å². The maximum absolute atomic E-state index is 11.2. The van der Waals surface area contributed by atoms with Crippen molar-refractivity contribution in [1.82, 2.24) is 5.32 Å². The molecule has 0 bridgehead atoms. The van der Waals surface area contributed by atoms with Gasteiger partial charge in [-0.2, -0.15) is 0 Å². The van der Waals surface area contributed by atoms with E-state index in [9.17, 15) is 117 Å². The van der Waals surface area contributed by atoms with Crippen LogP contribution in [0.15, 0.2) is 0 Å². The summed E-state index contributed by atoms with van der Waals surface area (Å²) in [6, 6.07) is -0.875. The first-order valence-corrected chi connectivity index (χ1v) is 41.3. The Morgan fingerprint density at radius 2 is 0.458 bits per heavy atom. The molecule has 7 aliphatic heterocycles. The molecule has 0 aromatic carbocycles. The standard InChI is InChI=1S/C18H34O11.C14H27NO6.2C12H24O6.2C12H24O5/c1-18(2,3)4-5-26-16-14(25)15(11(22)9(7-20)27-16)29-17-13(24)12(23)10(21)8(6-19)28-17;1-8(17)15-10-12(19)11(18)9(7-16)21-13(10)20-6-5-14(2,3)4;2*1-12(2,3)4-5-17-11-10(16)9(15)8(14)7(6-13)18-11;2*1-7-8(13)9(14)10(15)11(17-7)16-6-5-12(2,3)4/h8-17,19-25H,4-7H2,1-3H3;9-13,16,18-19H,5-7H2,1-4H3,(H,15,17);2*7-11,13-16H,4-6H2,1-3H3;2*7-11,13-15H,5-6H2,1-4H3/t8-,9-,10-,11-,12+,13+,14+,15+,16+,17-;9-,10-,11-,12-,13-;7-,8-,9+,10+,11+;7-,8-,9+,10-,11+;7-,8+,9+,10-,11+;7-,8+,9+,10-,11-/m111100/s1. The van der Waals surface area contributed by atoms with Crippen LogP contribution in [0.1, 0.15) is 184 Å². The highest BCUT2D eigenvalue weighted by Crippen LogP contribution is 2.34. The van der Waals surface area contributed by atoms with Crippen LogP contribution in [0.25, 0.3) is 0 Å². The Kier molecular flexibility index (Phi) is 49.4. The second-order valence-corrected chi connectivity index (χ2v) is 38.8. The Labute approximate surface area is 706 Å². The van der Waals surface area contributed by atoms with Gasteiger partial charge in [0.05, 0.1) is 84.9 Å². The van der Waals surface area contributed by atoms with Crippen molar-refractivity contribution in [2.24, 2.45) is 32.5 Å². The number of aliphatic hydroxyl groups is 24. The van der Waals surface area contributed by atoms with Gasteiger partial charge in [0.25, 0.3) is 0 Å². The molecule has 7 aliphatic rings. The van der Waals surface area contributed by atoms with Crippen LogP contribution in [0, 0.1) is 32.5 Å². The summed E-state index contributed by atoms with van der Waals surface area (Å²) in [5, 5.41) is 235. The molecule has 7 fully saturated rings. The number of rotatable bonds is 26. The topological polar surface area (TPSA) is 644 Å². The zero-order valence-corrected chi connectivity index (χ0v) is 74.1. The third-order valence-electron chi connectivity index (χ3n) is 20.3. The fraction of sp³-hybridized carbons (Fsp3) is 0.988. The van der Waals surface area contributed by atoms with E-state index in [0.717, 1.165) is 32.1 Å². The van der Waals surface area contributed by atoms with Crippen molar-refractivity contribution in [2.45, 2.75) is 399 Å². The van der Waals surface area contributed by atoms with Crippen molar-refractivity contribution in [3.8, 4) is 0 Å². The molecule has 120 heavy (non-hydrogen) atoms. The summed E-state index contributed by atoms with van der Waals surface area (Å²) >= 11 is 0. The summed E-state index contributed by atoms with van der Waals surface area (Å²) < 4.78 is 75.4. The second kappa shape index (κ2) is 52.0. The molecule has 0 saturated carbocycles. The van der Waals surface area contributed by atoms with Gasteiger partial charge in [0, 0.05) is 6.92 Å². The van der Waals surface area contributed by atoms with Gasteiger partial charge in [0.2, 0.25) is 5.91 Å². The molecular weight excluding hydrogens is 1600 g/mol. The second-order valence-electron chi connectivity index (χ2n) is 38.8.